The number of imidazole rings is 1. The molecule has 2 heterocycles. The van der Waals surface area contributed by atoms with Crippen LogP contribution in [-0.4, -0.2) is 35.4 Å². The summed E-state index contributed by atoms with van der Waals surface area (Å²) in [5.41, 5.74) is 2.87. The molecule has 1 aromatic heterocycles. The van der Waals surface area contributed by atoms with E-state index in [0.717, 1.165) is 43.9 Å². The molecule has 1 aliphatic heterocycles. The molecule has 2 aromatic rings. The normalized spacial score (nSPS) is 26.2. The first-order valence-electron chi connectivity index (χ1n) is 9.25. The van der Waals surface area contributed by atoms with Gasteiger partial charge in [0.05, 0.1) is 7.11 Å². The van der Waals surface area contributed by atoms with Crippen LogP contribution in [0.4, 0.5) is 0 Å². The number of hydrogen-bond acceptors (Lipinski definition) is 4. The van der Waals surface area contributed by atoms with Gasteiger partial charge in [0.15, 0.2) is 0 Å². The highest BCUT2D eigenvalue weighted by atomic mass is 16.5. The second-order valence-electron chi connectivity index (χ2n) is 7.18. The summed E-state index contributed by atoms with van der Waals surface area (Å²) >= 11 is 0. The minimum Gasteiger partial charge on any atom is -0.497 e. The zero-order chi connectivity index (χ0) is 17.2. The number of nitrogens with zero attached hydrogens (tertiary/aromatic N) is 2. The van der Waals surface area contributed by atoms with Crippen LogP contribution in [0.25, 0.3) is 0 Å². The van der Waals surface area contributed by atoms with E-state index in [2.05, 4.69) is 33.1 Å². The molecule has 0 amide bonds. The van der Waals surface area contributed by atoms with Gasteiger partial charge in [-0.25, -0.2) is 4.98 Å². The molecule has 0 unspecified atom stereocenters. The van der Waals surface area contributed by atoms with Gasteiger partial charge in [0.25, 0.3) is 0 Å². The smallest absolute Gasteiger partial charge is 0.139 e. The Kier molecular flexibility index (Phi) is 4.77. The summed E-state index contributed by atoms with van der Waals surface area (Å²) in [6.45, 7) is 0.820. The van der Waals surface area contributed by atoms with Crippen LogP contribution in [0.5, 0.6) is 5.75 Å². The maximum absolute atomic E-state index is 6.10. The van der Waals surface area contributed by atoms with Gasteiger partial charge in [-0.3, -0.25) is 0 Å². The van der Waals surface area contributed by atoms with Gasteiger partial charge in [-0.15, -0.1) is 0 Å². The van der Waals surface area contributed by atoms with Crippen molar-refractivity contribution in [3.05, 3.63) is 47.5 Å². The highest BCUT2D eigenvalue weighted by Crippen LogP contribution is 2.30. The number of aryl methyl sites for hydroxylation is 2. The van der Waals surface area contributed by atoms with Crippen molar-refractivity contribution in [3.8, 4) is 5.75 Å². The third-order valence-electron chi connectivity index (χ3n) is 5.53. The molecular formula is C20H27N3O2. The summed E-state index contributed by atoms with van der Waals surface area (Å²) < 4.78 is 13.6. The van der Waals surface area contributed by atoms with Crippen LogP contribution in [0.3, 0.4) is 0 Å². The number of fused-ring (bicyclic) bond motifs is 1. The average molecular weight is 341 g/mol. The number of hydrogen-bond donors (Lipinski definition) is 1. The molecule has 3 atom stereocenters. The van der Waals surface area contributed by atoms with E-state index in [4.69, 9.17) is 9.47 Å². The molecule has 1 aliphatic carbocycles. The molecule has 5 heteroatoms. The highest BCUT2D eigenvalue weighted by Gasteiger charge is 2.32. The summed E-state index contributed by atoms with van der Waals surface area (Å²) in [5, 5.41) is 3.88. The lowest BCUT2D eigenvalue weighted by molar-refractivity contribution is -0.0208. The largest absolute Gasteiger partial charge is 0.497 e. The Morgan fingerprint density at radius 2 is 2.20 bits per heavy atom. The second kappa shape index (κ2) is 7.18. The van der Waals surface area contributed by atoms with Gasteiger partial charge in [0.1, 0.15) is 17.7 Å². The molecule has 0 saturated carbocycles. The third-order valence-corrected chi connectivity index (χ3v) is 5.53. The van der Waals surface area contributed by atoms with E-state index in [1.165, 1.54) is 17.5 Å². The van der Waals surface area contributed by atoms with Crippen molar-refractivity contribution in [2.24, 2.45) is 7.05 Å². The average Bonchev–Trinajstić information content (AvgIpc) is 3.07. The monoisotopic (exact) mass is 341 g/mol. The predicted octanol–water partition coefficient (Wildman–Crippen LogP) is 2.80. The van der Waals surface area contributed by atoms with Gasteiger partial charge < -0.3 is 19.4 Å². The Balaban J connectivity index is 1.48. The number of nitrogens with one attached hydrogen (secondary N) is 1. The lowest BCUT2D eigenvalue weighted by atomic mass is 9.87. The summed E-state index contributed by atoms with van der Waals surface area (Å²) in [7, 11) is 3.78. The van der Waals surface area contributed by atoms with Gasteiger partial charge in [-0.2, -0.15) is 0 Å². The van der Waals surface area contributed by atoms with E-state index >= 15 is 0 Å². The fourth-order valence-corrected chi connectivity index (χ4v) is 4.16. The molecule has 0 bridgehead atoms. The van der Waals surface area contributed by atoms with Crippen LogP contribution in [0.1, 0.15) is 42.3 Å². The minimum absolute atomic E-state index is 0.0421. The number of aromatic nitrogens is 2. The Morgan fingerprint density at radius 3 is 3.00 bits per heavy atom. The van der Waals surface area contributed by atoms with Crippen LogP contribution < -0.4 is 10.1 Å². The van der Waals surface area contributed by atoms with Gasteiger partial charge in [0.2, 0.25) is 0 Å². The summed E-state index contributed by atoms with van der Waals surface area (Å²) in [4.78, 5) is 4.52. The molecule has 2 aliphatic rings. The predicted molar refractivity (Wildman–Crippen MR) is 96.9 cm³/mol. The Hall–Kier alpha value is -1.85. The molecule has 0 spiro atoms. The highest BCUT2D eigenvalue weighted by molar-refractivity contribution is 5.38. The topological polar surface area (TPSA) is 48.3 Å². The van der Waals surface area contributed by atoms with Crippen molar-refractivity contribution < 1.29 is 9.47 Å². The summed E-state index contributed by atoms with van der Waals surface area (Å²) in [6, 6.07) is 7.28. The minimum atomic E-state index is 0.0421. The van der Waals surface area contributed by atoms with E-state index in [1.807, 2.05) is 19.4 Å². The summed E-state index contributed by atoms with van der Waals surface area (Å²) in [6.07, 6.45) is 9.48. The Morgan fingerprint density at radius 1 is 1.28 bits per heavy atom. The first-order valence-corrected chi connectivity index (χ1v) is 9.25. The van der Waals surface area contributed by atoms with E-state index in [0.29, 0.717) is 12.1 Å². The molecule has 5 nitrogen and oxygen atoms in total. The Labute approximate surface area is 149 Å². The molecular weight excluding hydrogens is 314 g/mol. The number of benzene rings is 1. The van der Waals surface area contributed by atoms with E-state index in [1.54, 1.807) is 7.11 Å². The molecule has 134 valence electrons. The first-order chi connectivity index (χ1) is 12.2. The molecule has 1 saturated heterocycles. The van der Waals surface area contributed by atoms with E-state index in [-0.39, 0.29) is 6.10 Å². The summed E-state index contributed by atoms with van der Waals surface area (Å²) in [5.74, 6) is 1.97. The van der Waals surface area contributed by atoms with Gasteiger partial charge in [-0.05, 0) is 55.4 Å². The van der Waals surface area contributed by atoms with Gasteiger partial charge in [-0.1, -0.05) is 6.07 Å². The van der Waals surface area contributed by atoms with Gasteiger partial charge >= 0.3 is 0 Å². The van der Waals surface area contributed by atoms with Crippen molar-refractivity contribution in [2.45, 2.75) is 50.3 Å². The lowest BCUT2D eigenvalue weighted by Crippen LogP contribution is -2.47. The fourth-order valence-electron chi connectivity index (χ4n) is 4.16. The number of rotatable bonds is 4. The van der Waals surface area contributed by atoms with E-state index < -0.39 is 0 Å². The van der Waals surface area contributed by atoms with Crippen LogP contribution >= 0.6 is 0 Å². The molecule has 1 aromatic carbocycles. The maximum atomic E-state index is 6.10. The van der Waals surface area contributed by atoms with Crippen molar-refractivity contribution >= 4 is 0 Å². The fraction of sp³-hybridized carbons (Fsp3) is 0.550. The van der Waals surface area contributed by atoms with Crippen molar-refractivity contribution in [1.29, 1.82) is 0 Å². The van der Waals surface area contributed by atoms with Crippen LogP contribution in [0.15, 0.2) is 30.6 Å². The van der Waals surface area contributed by atoms with Crippen molar-refractivity contribution in [3.63, 3.8) is 0 Å². The first kappa shape index (κ1) is 16.6. The second-order valence-corrected chi connectivity index (χ2v) is 7.18. The third kappa shape index (κ3) is 3.44. The molecule has 1 fully saturated rings. The lowest BCUT2D eigenvalue weighted by Gasteiger charge is -2.36. The molecule has 1 N–H and O–H groups in total. The van der Waals surface area contributed by atoms with Crippen molar-refractivity contribution in [2.75, 3.05) is 13.7 Å². The SMILES string of the molecule is COc1ccc2c(c1)C[C@@H](N[C@H]1CCCO[C@@H]1c1nccn1C)CC2. The van der Waals surface area contributed by atoms with Crippen LogP contribution in [0.2, 0.25) is 0 Å². The molecule has 25 heavy (non-hydrogen) atoms. The molecule has 4 rings (SSSR count). The molecule has 0 radical (unpaired) electrons. The standard InChI is InChI=1S/C20H27N3O2/c1-23-10-9-21-20(23)19-18(4-3-11-25-19)22-16-7-5-14-6-8-17(24-2)13-15(14)12-16/h6,8-10,13,16,18-19,22H,3-5,7,11-12H2,1-2H3/t16-,18-,19-/m0/s1. The quantitative estimate of drug-likeness (QED) is 0.929. The number of methoxy groups -OCH3 is 1. The van der Waals surface area contributed by atoms with E-state index in [9.17, 15) is 0 Å². The Bertz CT molecular complexity index is 727. The van der Waals surface area contributed by atoms with Crippen molar-refractivity contribution in [1.82, 2.24) is 14.9 Å². The van der Waals surface area contributed by atoms with Crippen LogP contribution in [-0.2, 0) is 24.6 Å². The van der Waals surface area contributed by atoms with Gasteiger partial charge in [0, 0.05) is 38.1 Å². The van der Waals surface area contributed by atoms with Crippen LogP contribution in [0, 0.1) is 0 Å². The number of ether oxygens (including phenoxy) is 2. The maximum Gasteiger partial charge on any atom is 0.139 e. The zero-order valence-corrected chi connectivity index (χ0v) is 15.1. The zero-order valence-electron chi connectivity index (χ0n) is 15.1.